The highest BCUT2D eigenvalue weighted by molar-refractivity contribution is 6.31. The minimum atomic E-state index is -0.341. The van der Waals surface area contributed by atoms with Crippen molar-refractivity contribution in [2.75, 3.05) is 23.3 Å². The summed E-state index contributed by atoms with van der Waals surface area (Å²) >= 11 is 6.12. The van der Waals surface area contributed by atoms with Crippen LogP contribution in [0.4, 0.5) is 11.4 Å². The number of nitrogens with zero attached hydrogens (tertiary/aromatic N) is 2. The molecule has 1 aliphatic heterocycles. The van der Waals surface area contributed by atoms with E-state index < -0.39 is 0 Å². The van der Waals surface area contributed by atoms with Crippen LogP contribution >= 0.6 is 11.6 Å². The van der Waals surface area contributed by atoms with E-state index in [0.29, 0.717) is 22.5 Å². The number of nitrogens with one attached hydrogen (secondary N) is 1. The zero-order chi connectivity index (χ0) is 17.1. The predicted octanol–water partition coefficient (Wildman–Crippen LogP) is 3.28. The normalized spacial score (nSPS) is 17.8. The van der Waals surface area contributed by atoms with Crippen molar-refractivity contribution in [2.24, 2.45) is 11.7 Å². The van der Waals surface area contributed by atoms with Crippen molar-refractivity contribution in [3.8, 4) is 0 Å². The molecule has 0 saturated carbocycles. The second-order valence-corrected chi connectivity index (χ2v) is 6.58. The summed E-state index contributed by atoms with van der Waals surface area (Å²) in [6.07, 6.45) is 3.68. The quantitative estimate of drug-likeness (QED) is 0.885. The number of carbonyl (C=O) groups excluding carboxylic acids is 1. The third-order valence-electron chi connectivity index (χ3n) is 4.16. The number of hydrogen-bond donors (Lipinski definition) is 2. The molecule has 2 aromatic rings. The molecule has 3 rings (SSSR count). The SMILES string of the molecule is C[C@H]1CCCN(c2ccc(Cl)cc2NC(=O)c2coc(CN)n2)C1. The third kappa shape index (κ3) is 3.71. The fourth-order valence-corrected chi connectivity index (χ4v) is 3.16. The van der Waals surface area contributed by atoms with Gasteiger partial charge in [-0.05, 0) is 37.0 Å². The molecule has 0 spiro atoms. The molecule has 1 amide bonds. The van der Waals surface area contributed by atoms with E-state index in [-0.39, 0.29) is 18.1 Å². The number of rotatable bonds is 4. The molecule has 0 unspecified atom stereocenters. The number of oxazole rings is 1. The van der Waals surface area contributed by atoms with Crippen molar-refractivity contribution in [1.29, 1.82) is 0 Å². The molecule has 1 saturated heterocycles. The molecule has 0 bridgehead atoms. The maximum Gasteiger partial charge on any atom is 0.277 e. The molecule has 2 heterocycles. The average molecular weight is 349 g/mol. The third-order valence-corrected chi connectivity index (χ3v) is 4.40. The molecular weight excluding hydrogens is 328 g/mol. The molecule has 1 atom stereocenters. The second-order valence-electron chi connectivity index (χ2n) is 6.14. The minimum absolute atomic E-state index is 0.154. The lowest BCUT2D eigenvalue weighted by Gasteiger charge is -2.34. The van der Waals surface area contributed by atoms with Crippen LogP contribution in [-0.2, 0) is 6.54 Å². The van der Waals surface area contributed by atoms with Gasteiger partial charge in [-0.2, -0.15) is 0 Å². The summed E-state index contributed by atoms with van der Waals surface area (Å²) in [6, 6.07) is 5.55. The lowest BCUT2D eigenvalue weighted by atomic mass is 9.99. The van der Waals surface area contributed by atoms with E-state index in [2.05, 4.69) is 22.1 Å². The number of hydrogen-bond acceptors (Lipinski definition) is 5. The predicted molar refractivity (Wildman–Crippen MR) is 94.4 cm³/mol. The highest BCUT2D eigenvalue weighted by Gasteiger charge is 2.21. The Balaban J connectivity index is 1.83. The first-order valence-corrected chi connectivity index (χ1v) is 8.45. The first kappa shape index (κ1) is 16.8. The van der Waals surface area contributed by atoms with Crippen LogP contribution in [-0.4, -0.2) is 24.0 Å². The molecule has 1 aromatic carbocycles. The van der Waals surface area contributed by atoms with Crippen LogP contribution in [0.2, 0.25) is 5.02 Å². The van der Waals surface area contributed by atoms with Crippen molar-refractivity contribution in [2.45, 2.75) is 26.3 Å². The Morgan fingerprint density at radius 2 is 2.38 bits per heavy atom. The van der Waals surface area contributed by atoms with E-state index in [0.717, 1.165) is 25.2 Å². The van der Waals surface area contributed by atoms with E-state index in [4.69, 9.17) is 21.8 Å². The molecule has 1 fully saturated rings. The van der Waals surface area contributed by atoms with E-state index in [9.17, 15) is 4.79 Å². The van der Waals surface area contributed by atoms with Gasteiger partial charge in [0.25, 0.3) is 5.91 Å². The molecule has 24 heavy (non-hydrogen) atoms. The van der Waals surface area contributed by atoms with Gasteiger partial charge in [-0.1, -0.05) is 18.5 Å². The summed E-state index contributed by atoms with van der Waals surface area (Å²) in [5.41, 5.74) is 7.31. The van der Waals surface area contributed by atoms with Gasteiger partial charge in [0, 0.05) is 18.1 Å². The Bertz CT molecular complexity index is 731. The summed E-state index contributed by atoms with van der Waals surface area (Å²) in [4.78, 5) is 18.8. The van der Waals surface area contributed by atoms with Crippen molar-refractivity contribution in [1.82, 2.24) is 4.98 Å². The van der Waals surface area contributed by atoms with E-state index >= 15 is 0 Å². The Kier molecular flexibility index (Phi) is 5.06. The maximum absolute atomic E-state index is 12.4. The number of halogens is 1. The first-order chi connectivity index (χ1) is 11.6. The van der Waals surface area contributed by atoms with Gasteiger partial charge in [-0.3, -0.25) is 4.79 Å². The maximum atomic E-state index is 12.4. The van der Waals surface area contributed by atoms with E-state index in [1.165, 1.54) is 12.7 Å². The van der Waals surface area contributed by atoms with Crippen molar-refractivity contribution < 1.29 is 9.21 Å². The van der Waals surface area contributed by atoms with Crippen LogP contribution in [0.1, 0.15) is 36.1 Å². The van der Waals surface area contributed by atoms with E-state index in [1.807, 2.05) is 12.1 Å². The highest BCUT2D eigenvalue weighted by Crippen LogP contribution is 2.32. The molecule has 7 heteroatoms. The second kappa shape index (κ2) is 7.23. The summed E-state index contributed by atoms with van der Waals surface area (Å²) < 4.78 is 5.12. The molecule has 0 radical (unpaired) electrons. The summed E-state index contributed by atoms with van der Waals surface area (Å²) in [7, 11) is 0. The van der Waals surface area contributed by atoms with Crippen LogP contribution in [0, 0.1) is 5.92 Å². The number of aromatic nitrogens is 1. The van der Waals surface area contributed by atoms with Gasteiger partial charge in [0.05, 0.1) is 17.9 Å². The standard InChI is InChI=1S/C17H21ClN4O2/c1-11-3-2-6-22(9-11)15-5-4-12(18)7-13(15)21-17(23)14-10-24-16(8-19)20-14/h4-5,7,10-11H,2-3,6,8-9,19H2,1H3,(H,21,23)/t11-/m0/s1. The molecule has 6 nitrogen and oxygen atoms in total. The van der Waals surface area contributed by atoms with Crippen molar-refractivity contribution in [3.63, 3.8) is 0 Å². The van der Waals surface area contributed by atoms with Crippen LogP contribution < -0.4 is 16.0 Å². The number of anilines is 2. The van der Waals surface area contributed by atoms with Crippen molar-refractivity contribution in [3.05, 3.63) is 41.1 Å². The largest absolute Gasteiger partial charge is 0.447 e. The molecule has 128 valence electrons. The Morgan fingerprint density at radius 1 is 1.54 bits per heavy atom. The van der Waals surface area contributed by atoms with Crippen LogP contribution in [0.15, 0.2) is 28.9 Å². The molecule has 3 N–H and O–H groups in total. The number of amides is 1. The van der Waals surface area contributed by atoms with E-state index in [1.54, 1.807) is 6.07 Å². The first-order valence-electron chi connectivity index (χ1n) is 8.07. The van der Waals surface area contributed by atoms with Crippen LogP contribution in [0.3, 0.4) is 0 Å². The Morgan fingerprint density at radius 3 is 3.08 bits per heavy atom. The summed E-state index contributed by atoms with van der Waals surface area (Å²) in [6.45, 7) is 4.33. The minimum Gasteiger partial charge on any atom is -0.447 e. The zero-order valence-corrected chi connectivity index (χ0v) is 14.3. The lowest BCUT2D eigenvalue weighted by Crippen LogP contribution is -2.34. The number of piperidine rings is 1. The molecule has 0 aliphatic carbocycles. The monoisotopic (exact) mass is 348 g/mol. The van der Waals surface area contributed by atoms with Crippen LogP contribution in [0.25, 0.3) is 0 Å². The highest BCUT2D eigenvalue weighted by atomic mass is 35.5. The number of benzene rings is 1. The Labute approximate surface area is 146 Å². The van der Waals surface area contributed by atoms with Gasteiger partial charge in [0.1, 0.15) is 6.26 Å². The lowest BCUT2D eigenvalue weighted by molar-refractivity contribution is 0.102. The van der Waals surface area contributed by atoms with Gasteiger partial charge in [-0.25, -0.2) is 4.98 Å². The fraction of sp³-hybridized carbons (Fsp3) is 0.412. The van der Waals surface area contributed by atoms with Gasteiger partial charge in [-0.15, -0.1) is 0 Å². The Hall–Kier alpha value is -2.05. The van der Waals surface area contributed by atoms with Gasteiger partial charge < -0.3 is 20.4 Å². The number of carbonyl (C=O) groups is 1. The molecule has 1 aromatic heterocycles. The summed E-state index contributed by atoms with van der Waals surface area (Å²) in [5, 5.41) is 3.46. The smallest absolute Gasteiger partial charge is 0.277 e. The summed E-state index contributed by atoms with van der Waals surface area (Å²) in [5.74, 6) is 0.615. The zero-order valence-electron chi connectivity index (χ0n) is 13.6. The van der Waals surface area contributed by atoms with Gasteiger partial charge in [0.2, 0.25) is 5.89 Å². The van der Waals surface area contributed by atoms with Gasteiger partial charge >= 0.3 is 0 Å². The fourth-order valence-electron chi connectivity index (χ4n) is 2.99. The van der Waals surface area contributed by atoms with Crippen LogP contribution in [0.5, 0.6) is 0 Å². The molecule has 1 aliphatic rings. The van der Waals surface area contributed by atoms with Gasteiger partial charge in [0.15, 0.2) is 5.69 Å². The average Bonchev–Trinajstić information content (AvgIpc) is 3.04. The van der Waals surface area contributed by atoms with Crippen molar-refractivity contribution >= 4 is 28.9 Å². The topological polar surface area (TPSA) is 84.4 Å². The number of nitrogens with two attached hydrogens (primary N) is 1. The molecular formula is C17H21ClN4O2.